The van der Waals surface area contributed by atoms with E-state index >= 15 is 0 Å². The van der Waals surface area contributed by atoms with Crippen LogP contribution in [0.1, 0.15) is 37.0 Å². The molecule has 1 amide bonds. The maximum absolute atomic E-state index is 12.7. The molecule has 0 spiro atoms. The number of amides is 1. The molecular weight excluding hydrogens is 264 g/mol. The number of rotatable bonds is 5. The average Bonchev–Trinajstić information content (AvgIpc) is 3.00. The van der Waals surface area contributed by atoms with Crippen molar-refractivity contribution in [2.75, 3.05) is 38.1 Å². The van der Waals surface area contributed by atoms with Crippen molar-refractivity contribution in [1.82, 2.24) is 9.88 Å². The van der Waals surface area contributed by atoms with Crippen LogP contribution in [0.25, 0.3) is 0 Å². The predicted molar refractivity (Wildman–Crippen MR) is 85.5 cm³/mol. The molecule has 1 aliphatic heterocycles. The van der Waals surface area contributed by atoms with Crippen LogP contribution in [0.3, 0.4) is 0 Å². The molecular formula is C16H26N4O. The highest BCUT2D eigenvalue weighted by molar-refractivity contribution is 5.98. The topological polar surface area (TPSA) is 62.5 Å². The fraction of sp³-hybridized carbons (Fsp3) is 0.625. The van der Waals surface area contributed by atoms with Crippen molar-refractivity contribution < 1.29 is 4.79 Å². The summed E-state index contributed by atoms with van der Waals surface area (Å²) in [5.41, 5.74) is 6.37. The molecule has 5 heteroatoms. The van der Waals surface area contributed by atoms with Gasteiger partial charge in [0, 0.05) is 32.9 Å². The Morgan fingerprint density at radius 2 is 2.10 bits per heavy atom. The zero-order valence-electron chi connectivity index (χ0n) is 13.3. The largest absolute Gasteiger partial charge is 0.356 e. The van der Waals surface area contributed by atoms with Crippen LogP contribution in [0.2, 0.25) is 0 Å². The molecule has 0 aromatic carbocycles. The maximum atomic E-state index is 12.7. The molecule has 0 atom stereocenters. The summed E-state index contributed by atoms with van der Waals surface area (Å²) < 4.78 is 0. The second-order valence-electron chi connectivity index (χ2n) is 6.60. The van der Waals surface area contributed by atoms with E-state index in [1.165, 1.54) is 12.8 Å². The first-order valence-electron chi connectivity index (χ1n) is 7.60. The van der Waals surface area contributed by atoms with Crippen LogP contribution in [0.4, 0.5) is 5.82 Å². The van der Waals surface area contributed by atoms with Gasteiger partial charge in [0.15, 0.2) is 0 Å². The summed E-state index contributed by atoms with van der Waals surface area (Å²) in [6, 6.07) is 3.70. The van der Waals surface area contributed by atoms with Gasteiger partial charge in [-0.25, -0.2) is 4.98 Å². The lowest BCUT2D eigenvalue weighted by atomic mass is 9.93. The van der Waals surface area contributed by atoms with Gasteiger partial charge in [-0.05, 0) is 36.9 Å². The van der Waals surface area contributed by atoms with Gasteiger partial charge in [0.25, 0.3) is 5.91 Å². The highest BCUT2D eigenvalue weighted by atomic mass is 16.2. The Hall–Kier alpha value is -1.62. The molecule has 1 aromatic heterocycles. The van der Waals surface area contributed by atoms with Crippen molar-refractivity contribution in [2.24, 2.45) is 11.1 Å². The summed E-state index contributed by atoms with van der Waals surface area (Å²) in [4.78, 5) is 21.1. The Morgan fingerprint density at radius 1 is 1.43 bits per heavy atom. The van der Waals surface area contributed by atoms with Gasteiger partial charge < -0.3 is 15.5 Å². The second kappa shape index (κ2) is 6.43. The van der Waals surface area contributed by atoms with E-state index in [4.69, 9.17) is 5.73 Å². The van der Waals surface area contributed by atoms with E-state index in [0.29, 0.717) is 18.7 Å². The van der Waals surface area contributed by atoms with Crippen LogP contribution in [-0.4, -0.2) is 49.0 Å². The van der Waals surface area contributed by atoms with E-state index in [1.54, 1.807) is 11.1 Å². The van der Waals surface area contributed by atoms with Crippen LogP contribution in [0.5, 0.6) is 0 Å². The third-order valence-corrected chi connectivity index (χ3v) is 3.99. The molecule has 1 fully saturated rings. The molecule has 2 heterocycles. The van der Waals surface area contributed by atoms with Crippen LogP contribution in [0, 0.1) is 5.41 Å². The number of pyridine rings is 1. The summed E-state index contributed by atoms with van der Waals surface area (Å²) in [6.07, 6.45) is 4.09. The molecule has 116 valence electrons. The highest BCUT2D eigenvalue weighted by Crippen LogP contribution is 2.24. The molecule has 2 N–H and O–H groups in total. The van der Waals surface area contributed by atoms with Crippen LogP contribution >= 0.6 is 0 Å². The Kier molecular flexibility index (Phi) is 4.83. The van der Waals surface area contributed by atoms with Gasteiger partial charge in [-0.15, -0.1) is 0 Å². The van der Waals surface area contributed by atoms with Crippen molar-refractivity contribution in [1.29, 1.82) is 0 Å². The lowest BCUT2D eigenvalue weighted by Gasteiger charge is -2.30. The van der Waals surface area contributed by atoms with Crippen LogP contribution in [-0.2, 0) is 0 Å². The molecule has 0 radical (unpaired) electrons. The highest BCUT2D eigenvalue weighted by Gasteiger charge is 2.26. The summed E-state index contributed by atoms with van der Waals surface area (Å²) in [6.45, 7) is 7.29. The molecule has 0 aliphatic carbocycles. The zero-order chi connectivity index (χ0) is 15.5. The van der Waals surface area contributed by atoms with E-state index in [2.05, 4.69) is 23.7 Å². The van der Waals surface area contributed by atoms with E-state index in [0.717, 1.165) is 18.9 Å². The van der Waals surface area contributed by atoms with Crippen LogP contribution < -0.4 is 10.6 Å². The first-order valence-corrected chi connectivity index (χ1v) is 7.60. The Bertz CT molecular complexity index is 495. The third-order valence-electron chi connectivity index (χ3n) is 3.99. The number of carbonyl (C=O) groups excluding carboxylic acids is 1. The minimum atomic E-state index is -0.0829. The van der Waals surface area contributed by atoms with Crippen molar-refractivity contribution in [3.63, 3.8) is 0 Å². The number of anilines is 1. The third kappa shape index (κ3) is 3.73. The van der Waals surface area contributed by atoms with E-state index < -0.39 is 0 Å². The monoisotopic (exact) mass is 290 g/mol. The first kappa shape index (κ1) is 15.8. The molecule has 0 bridgehead atoms. The van der Waals surface area contributed by atoms with Crippen molar-refractivity contribution >= 4 is 11.7 Å². The number of hydrogen-bond donors (Lipinski definition) is 1. The van der Waals surface area contributed by atoms with Gasteiger partial charge >= 0.3 is 0 Å². The quantitative estimate of drug-likeness (QED) is 0.897. The standard InChI is InChI=1S/C16H26N4O/c1-16(2,11-17)12-19(3)15(21)13-7-6-8-18-14(13)20-9-4-5-10-20/h6-8H,4-5,9-12,17H2,1-3H3. The van der Waals surface area contributed by atoms with E-state index in [1.807, 2.05) is 19.2 Å². The number of nitrogens with two attached hydrogens (primary N) is 1. The van der Waals surface area contributed by atoms with Gasteiger partial charge in [-0.2, -0.15) is 0 Å². The SMILES string of the molecule is CN(CC(C)(C)CN)C(=O)c1cccnc1N1CCCC1. The summed E-state index contributed by atoms with van der Waals surface area (Å²) in [5, 5.41) is 0. The average molecular weight is 290 g/mol. The number of nitrogens with zero attached hydrogens (tertiary/aromatic N) is 3. The summed E-state index contributed by atoms with van der Waals surface area (Å²) in [7, 11) is 1.83. The van der Waals surface area contributed by atoms with Crippen LogP contribution in [0.15, 0.2) is 18.3 Å². The van der Waals surface area contributed by atoms with Crippen molar-refractivity contribution in [3.8, 4) is 0 Å². The molecule has 1 aromatic rings. The fourth-order valence-electron chi connectivity index (χ4n) is 2.73. The molecule has 5 nitrogen and oxygen atoms in total. The Labute approximate surface area is 127 Å². The first-order chi connectivity index (χ1) is 9.94. The number of hydrogen-bond acceptors (Lipinski definition) is 4. The number of carbonyl (C=O) groups is 1. The second-order valence-corrected chi connectivity index (χ2v) is 6.60. The maximum Gasteiger partial charge on any atom is 0.257 e. The predicted octanol–water partition coefficient (Wildman–Crippen LogP) is 1.74. The van der Waals surface area contributed by atoms with Gasteiger partial charge in [-0.3, -0.25) is 4.79 Å². The van der Waals surface area contributed by atoms with Crippen molar-refractivity contribution in [2.45, 2.75) is 26.7 Å². The zero-order valence-corrected chi connectivity index (χ0v) is 13.3. The summed E-state index contributed by atoms with van der Waals surface area (Å²) in [5.74, 6) is 0.837. The normalized spacial score (nSPS) is 15.3. The number of aromatic nitrogens is 1. The molecule has 1 saturated heterocycles. The minimum Gasteiger partial charge on any atom is -0.356 e. The lowest BCUT2D eigenvalue weighted by molar-refractivity contribution is 0.0741. The van der Waals surface area contributed by atoms with Gasteiger partial charge in [0.05, 0.1) is 5.56 Å². The van der Waals surface area contributed by atoms with Gasteiger partial charge in [0.1, 0.15) is 5.82 Å². The molecule has 0 saturated carbocycles. The minimum absolute atomic E-state index is 0.0199. The Morgan fingerprint density at radius 3 is 2.71 bits per heavy atom. The van der Waals surface area contributed by atoms with E-state index in [-0.39, 0.29) is 11.3 Å². The fourth-order valence-corrected chi connectivity index (χ4v) is 2.73. The molecule has 2 rings (SSSR count). The van der Waals surface area contributed by atoms with Gasteiger partial charge in [-0.1, -0.05) is 13.8 Å². The smallest absolute Gasteiger partial charge is 0.257 e. The van der Waals surface area contributed by atoms with E-state index in [9.17, 15) is 4.79 Å². The Balaban J connectivity index is 2.19. The van der Waals surface area contributed by atoms with Crippen molar-refractivity contribution in [3.05, 3.63) is 23.9 Å². The molecule has 1 aliphatic rings. The molecule has 21 heavy (non-hydrogen) atoms. The molecule has 0 unspecified atom stereocenters. The summed E-state index contributed by atoms with van der Waals surface area (Å²) >= 11 is 0. The lowest BCUT2D eigenvalue weighted by Crippen LogP contribution is -2.40. The van der Waals surface area contributed by atoms with Gasteiger partial charge in [0.2, 0.25) is 0 Å².